The van der Waals surface area contributed by atoms with E-state index in [1.54, 1.807) is 0 Å². The van der Waals surface area contributed by atoms with Crippen molar-refractivity contribution in [2.75, 3.05) is 0 Å². The minimum atomic E-state index is 0.724. The van der Waals surface area contributed by atoms with Gasteiger partial charge in [0.15, 0.2) is 0 Å². The zero-order valence-electron chi connectivity index (χ0n) is 11.4. The predicted molar refractivity (Wildman–Crippen MR) is 77.2 cm³/mol. The van der Waals surface area contributed by atoms with E-state index in [4.69, 9.17) is 0 Å². The van der Waals surface area contributed by atoms with E-state index >= 15 is 0 Å². The summed E-state index contributed by atoms with van der Waals surface area (Å²) in [6, 6.07) is 13.1. The number of para-hydroxylation sites is 1. The van der Waals surface area contributed by atoms with Crippen molar-refractivity contribution < 1.29 is 0 Å². The molecule has 2 unspecified atom stereocenters. The molecule has 1 heterocycles. The second-order valence-corrected chi connectivity index (χ2v) is 5.36. The van der Waals surface area contributed by atoms with Crippen molar-refractivity contribution in [1.29, 1.82) is 0 Å². The van der Waals surface area contributed by atoms with Crippen LogP contribution in [-0.4, -0.2) is 15.8 Å². The molecule has 1 fully saturated rings. The van der Waals surface area contributed by atoms with Crippen LogP contribution in [0.15, 0.2) is 42.6 Å². The first-order valence-electron chi connectivity index (χ1n) is 7.20. The number of aromatic nitrogens is 2. The Morgan fingerprint density at radius 1 is 1.26 bits per heavy atom. The van der Waals surface area contributed by atoms with Crippen LogP contribution >= 0.6 is 0 Å². The Kier molecular flexibility index (Phi) is 3.65. The lowest BCUT2D eigenvalue weighted by Crippen LogP contribution is -2.18. The van der Waals surface area contributed by atoms with Crippen molar-refractivity contribution in [3.05, 3.63) is 48.3 Å². The number of hydrogen-bond donors (Lipinski definition) is 1. The average molecular weight is 255 g/mol. The van der Waals surface area contributed by atoms with Crippen LogP contribution in [0.2, 0.25) is 0 Å². The third kappa shape index (κ3) is 3.04. The molecule has 3 heteroatoms. The molecule has 3 nitrogen and oxygen atoms in total. The Morgan fingerprint density at radius 2 is 2.11 bits per heavy atom. The minimum absolute atomic E-state index is 0.724. The summed E-state index contributed by atoms with van der Waals surface area (Å²) in [6.45, 7) is 3.14. The fourth-order valence-electron chi connectivity index (χ4n) is 2.60. The van der Waals surface area contributed by atoms with Crippen LogP contribution in [0.3, 0.4) is 0 Å². The number of nitrogens with zero attached hydrogens (tertiary/aromatic N) is 2. The Balaban J connectivity index is 1.55. The van der Waals surface area contributed by atoms with Crippen LogP contribution < -0.4 is 5.32 Å². The Hall–Kier alpha value is -1.61. The molecule has 0 spiro atoms. The van der Waals surface area contributed by atoms with Gasteiger partial charge >= 0.3 is 0 Å². The van der Waals surface area contributed by atoms with Gasteiger partial charge in [-0.25, -0.2) is 4.68 Å². The number of benzene rings is 1. The molecule has 2 aromatic rings. The number of nitrogens with one attached hydrogen (secondary N) is 1. The molecular formula is C16H21N3. The summed E-state index contributed by atoms with van der Waals surface area (Å²) in [5.41, 5.74) is 2.23. The molecule has 1 aromatic carbocycles. The van der Waals surface area contributed by atoms with Crippen LogP contribution in [0.5, 0.6) is 0 Å². The lowest BCUT2D eigenvalue weighted by molar-refractivity contribution is 0.591. The second-order valence-electron chi connectivity index (χ2n) is 5.36. The van der Waals surface area contributed by atoms with E-state index < -0.39 is 0 Å². The van der Waals surface area contributed by atoms with Gasteiger partial charge < -0.3 is 5.32 Å². The lowest BCUT2D eigenvalue weighted by atomic mass is 10.2. The third-order valence-corrected chi connectivity index (χ3v) is 3.79. The van der Waals surface area contributed by atoms with E-state index in [0.29, 0.717) is 0 Å². The summed E-state index contributed by atoms with van der Waals surface area (Å²) in [5.74, 6) is 0.904. The molecule has 2 atom stereocenters. The predicted octanol–water partition coefficient (Wildman–Crippen LogP) is 3.15. The zero-order valence-corrected chi connectivity index (χ0v) is 11.4. The fourth-order valence-corrected chi connectivity index (χ4v) is 2.60. The highest BCUT2D eigenvalue weighted by Crippen LogP contribution is 2.34. The summed E-state index contributed by atoms with van der Waals surface area (Å²) in [4.78, 5) is 0. The summed E-state index contributed by atoms with van der Waals surface area (Å²) in [6.07, 6.45) is 6.03. The van der Waals surface area contributed by atoms with E-state index in [1.165, 1.54) is 19.3 Å². The van der Waals surface area contributed by atoms with Gasteiger partial charge in [0.2, 0.25) is 0 Å². The van der Waals surface area contributed by atoms with Crippen molar-refractivity contribution in [2.45, 2.75) is 38.8 Å². The van der Waals surface area contributed by atoms with Crippen LogP contribution in [-0.2, 0) is 6.54 Å². The first-order chi connectivity index (χ1) is 9.36. The Bertz CT molecular complexity index is 518. The Labute approximate surface area is 114 Å². The molecule has 0 amide bonds. The molecule has 3 rings (SSSR count). The minimum Gasteiger partial charge on any atom is -0.308 e. The molecule has 1 aliphatic rings. The highest BCUT2D eigenvalue weighted by atomic mass is 15.3. The van der Waals surface area contributed by atoms with Gasteiger partial charge in [-0.05, 0) is 37.0 Å². The smallest absolute Gasteiger partial charge is 0.0766 e. The monoisotopic (exact) mass is 255 g/mol. The second kappa shape index (κ2) is 5.57. The SMILES string of the molecule is CCCC1CC1NCc1ccn(-c2ccccc2)n1. The maximum Gasteiger partial charge on any atom is 0.0766 e. The lowest BCUT2D eigenvalue weighted by Gasteiger charge is -2.02. The molecule has 0 saturated heterocycles. The molecule has 1 N–H and O–H groups in total. The first-order valence-corrected chi connectivity index (χ1v) is 7.20. The molecule has 19 heavy (non-hydrogen) atoms. The largest absolute Gasteiger partial charge is 0.308 e. The maximum atomic E-state index is 4.61. The molecule has 1 aromatic heterocycles. The molecule has 0 aliphatic heterocycles. The number of hydrogen-bond acceptors (Lipinski definition) is 2. The van der Waals surface area contributed by atoms with E-state index in [9.17, 15) is 0 Å². The van der Waals surface area contributed by atoms with Gasteiger partial charge in [-0.1, -0.05) is 31.5 Å². The molecular weight excluding hydrogens is 234 g/mol. The normalized spacial score (nSPS) is 21.5. The van der Waals surface area contributed by atoms with Gasteiger partial charge in [-0.3, -0.25) is 0 Å². The summed E-state index contributed by atoms with van der Waals surface area (Å²) in [7, 11) is 0. The van der Waals surface area contributed by atoms with Crippen molar-refractivity contribution in [3.63, 3.8) is 0 Å². The van der Waals surface area contributed by atoms with Gasteiger partial charge in [-0.15, -0.1) is 0 Å². The molecule has 0 radical (unpaired) electrons. The van der Waals surface area contributed by atoms with E-state index in [2.05, 4.69) is 35.5 Å². The van der Waals surface area contributed by atoms with E-state index in [1.807, 2.05) is 29.1 Å². The standard InChI is InChI=1S/C16H21N3/c1-2-6-13-11-16(13)17-12-14-9-10-19(18-14)15-7-4-3-5-8-15/h3-5,7-10,13,16-17H,2,6,11-12H2,1H3. The van der Waals surface area contributed by atoms with E-state index in [-0.39, 0.29) is 0 Å². The maximum absolute atomic E-state index is 4.61. The molecule has 0 bridgehead atoms. The van der Waals surface area contributed by atoms with Gasteiger partial charge in [-0.2, -0.15) is 5.10 Å². The zero-order chi connectivity index (χ0) is 13.1. The van der Waals surface area contributed by atoms with Crippen LogP contribution in [0.4, 0.5) is 0 Å². The van der Waals surface area contributed by atoms with Crippen LogP contribution in [0, 0.1) is 5.92 Å². The third-order valence-electron chi connectivity index (χ3n) is 3.79. The van der Waals surface area contributed by atoms with Crippen LogP contribution in [0.25, 0.3) is 5.69 Å². The topological polar surface area (TPSA) is 29.9 Å². The quantitative estimate of drug-likeness (QED) is 0.859. The summed E-state index contributed by atoms with van der Waals surface area (Å²) in [5, 5.41) is 8.20. The van der Waals surface area contributed by atoms with Gasteiger partial charge in [0.25, 0.3) is 0 Å². The van der Waals surface area contributed by atoms with Gasteiger partial charge in [0.05, 0.1) is 11.4 Å². The first kappa shape index (κ1) is 12.4. The highest BCUT2D eigenvalue weighted by molar-refractivity contribution is 5.30. The van der Waals surface area contributed by atoms with Crippen molar-refractivity contribution in [1.82, 2.24) is 15.1 Å². The van der Waals surface area contributed by atoms with E-state index in [0.717, 1.165) is 29.9 Å². The number of rotatable bonds is 6. The molecule has 100 valence electrons. The van der Waals surface area contributed by atoms with Crippen LogP contribution in [0.1, 0.15) is 31.9 Å². The van der Waals surface area contributed by atoms with Gasteiger partial charge in [0.1, 0.15) is 0 Å². The summed E-state index contributed by atoms with van der Waals surface area (Å²) >= 11 is 0. The van der Waals surface area contributed by atoms with Gasteiger partial charge in [0, 0.05) is 18.8 Å². The molecule has 1 aliphatic carbocycles. The van der Waals surface area contributed by atoms with Crippen molar-refractivity contribution in [3.8, 4) is 5.69 Å². The Morgan fingerprint density at radius 3 is 2.89 bits per heavy atom. The van der Waals surface area contributed by atoms with Crippen molar-refractivity contribution in [2.24, 2.45) is 5.92 Å². The summed E-state index contributed by atoms with van der Waals surface area (Å²) < 4.78 is 1.94. The average Bonchev–Trinajstić information content (AvgIpc) is 3.02. The fraction of sp³-hybridized carbons (Fsp3) is 0.438. The molecule has 1 saturated carbocycles. The van der Waals surface area contributed by atoms with Crippen molar-refractivity contribution >= 4 is 0 Å². The highest BCUT2D eigenvalue weighted by Gasteiger charge is 2.35.